The Balaban J connectivity index is 1.59. The number of allylic oxidation sites excluding steroid dienone is 1. The maximum Gasteiger partial charge on any atom is 0.408 e. The van der Waals surface area contributed by atoms with Gasteiger partial charge >= 0.3 is 6.09 Å². The average Bonchev–Trinajstić information content (AvgIpc) is 3.42. The highest BCUT2D eigenvalue weighted by atomic mass is 35.5. The zero-order valence-electron chi connectivity index (χ0n) is 18.5. The molecule has 5 rings (SSSR count). The number of hydrogen-bond acceptors (Lipinski definition) is 3. The highest BCUT2D eigenvalue weighted by Crippen LogP contribution is 2.50. The smallest absolute Gasteiger partial charge is 0.408 e. The summed E-state index contributed by atoms with van der Waals surface area (Å²) in [5.74, 6) is -0.285. The second-order valence-corrected chi connectivity index (χ2v) is 10.5. The second-order valence-electron chi connectivity index (χ2n) is 9.18. The summed E-state index contributed by atoms with van der Waals surface area (Å²) in [5.41, 5.74) is 2.52. The van der Waals surface area contributed by atoms with Crippen molar-refractivity contribution >= 4 is 52.4 Å². The van der Waals surface area contributed by atoms with Crippen molar-refractivity contribution in [1.82, 2.24) is 10.6 Å². The molecule has 2 N–H and O–H groups in total. The highest BCUT2D eigenvalue weighted by Gasteiger charge is 2.53. The number of fused-ring (bicyclic) bond motifs is 1. The third-order valence-electron chi connectivity index (χ3n) is 7.19. The van der Waals surface area contributed by atoms with Gasteiger partial charge in [0.25, 0.3) is 5.91 Å². The number of alkyl carbamates (subject to hydrolysis) is 1. The summed E-state index contributed by atoms with van der Waals surface area (Å²) in [6.45, 7) is 0.336. The van der Waals surface area contributed by atoms with Gasteiger partial charge in [-0.2, -0.15) is 0 Å². The van der Waals surface area contributed by atoms with Crippen LogP contribution in [0.4, 0.5) is 4.79 Å². The predicted molar refractivity (Wildman–Crippen MR) is 134 cm³/mol. The lowest BCUT2D eigenvalue weighted by Crippen LogP contribution is -2.56. The molecule has 1 aliphatic heterocycles. The van der Waals surface area contributed by atoms with E-state index in [0.717, 1.165) is 48.0 Å². The Morgan fingerprint density at radius 1 is 1.00 bits per heavy atom. The van der Waals surface area contributed by atoms with E-state index in [4.69, 9.17) is 39.5 Å². The fraction of sp³-hybridized carbons (Fsp3) is 0.385. The van der Waals surface area contributed by atoms with E-state index in [1.165, 1.54) is 0 Å². The monoisotopic (exact) mass is 518 g/mol. The van der Waals surface area contributed by atoms with Crippen molar-refractivity contribution in [2.45, 2.75) is 56.1 Å². The SMILES string of the molecule is O=C(N[C@@]12CC[C@@H](c3ccc(Cl)cc3Cl)C(c3ccc(Cl)cc3)=C1CNC2=O)OC1CCCC1. The van der Waals surface area contributed by atoms with Crippen molar-refractivity contribution in [1.29, 1.82) is 0 Å². The number of halogens is 3. The second kappa shape index (κ2) is 9.44. The Bertz CT molecular complexity index is 1160. The van der Waals surface area contributed by atoms with Crippen molar-refractivity contribution in [3.63, 3.8) is 0 Å². The van der Waals surface area contributed by atoms with Gasteiger partial charge < -0.3 is 15.4 Å². The first kappa shape index (κ1) is 23.5. The minimum absolute atomic E-state index is 0.0746. The van der Waals surface area contributed by atoms with Gasteiger partial charge in [0.1, 0.15) is 11.6 Å². The normalized spacial score (nSPS) is 24.7. The molecule has 178 valence electrons. The molecule has 34 heavy (non-hydrogen) atoms. The molecule has 0 bridgehead atoms. The van der Waals surface area contributed by atoms with Gasteiger partial charge in [0.05, 0.1) is 0 Å². The van der Waals surface area contributed by atoms with E-state index < -0.39 is 11.6 Å². The molecule has 2 aromatic rings. The van der Waals surface area contributed by atoms with Crippen LogP contribution in [0.1, 0.15) is 55.6 Å². The van der Waals surface area contributed by atoms with Crippen molar-refractivity contribution in [3.8, 4) is 0 Å². The Hall–Kier alpha value is -2.21. The Morgan fingerprint density at radius 3 is 2.41 bits per heavy atom. The predicted octanol–water partition coefficient (Wildman–Crippen LogP) is 6.52. The van der Waals surface area contributed by atoms with Gasteiger partial charge in [0, 0.05) is 27.5 Å². The van der Waals surface area contributed by atoms with E-state index in [-0.39, 0.29) is 17.9 Å². The summed E-state index contributed by atoms with van der Waals surface area (Å²) < 4.78 is 5.66. The Labute approximate surface area is 213 Å². The summed E-state index contributed by atoms with van der Waals surface area (Å²) in [6, 6.07) is 13.0. The lowest BCUT2D eigenvalue weighted by Gasteiger charge is -2.39. The molecule has 1 saturated carbocycles. The number of rotatable bonds is 4. The minimum atomic E-state index is -1.15. The van der Waals surface area contributed by atoms with Crippen LogP contribution in [0.2, 0.25) is 15.1 Å². The van der Waals surface area contributed by atoms with Gasteiger partial charge in [-0.05, 0) is 85.1 Å². The van der Waals surface area contributed by atoms with E-state index in [0.29, 0.717) is 34.5 Å². The topological polar surface area (TPSA) is 67.4 Å². The van der Waals surface area contributed by atoms with Crippen LogP contribution in [0.3, 0.4) is 0 Å². The highest BCUT2D eigenvalue weighted by molar-refractivity contribution is 6.35. The molecule has 0 aromatic heterocycles. The molecule has 2 fully saturated rings. The van der Waals surface area contributed by atoms with Gasteiger partial charge in [-0.25, -0.2) is 4.79 Å². The van der Waals surface area contributed by atoms with Gasteiger partial charge in [0.2, 0.25) is 0 Å². The third-order valence-corrected chi connectivity index (χ3v) is 8.01. The molecule has 2 aliphatic carbocycles. The van der Waals surface area contributed by atoms with Crippen LogP contribution in [-0.2, 0) is 9.53 Å². The minimum Gasteiger partial charge on any atom is -0.446 e. The zero-order chi connectivity index (χ0) is 23.9. The quantitative estimate of drug-likeness (QED) is 0.483. The molecule has 2 aromatic carbocycles. The average molecular weight is 520 g/mol. The van der Waals surface area contributed by atoms with Crippen LogP contribution < -0.4 is 10.6 Å². The third kappa shape index (κ3) is 4.30. The van der Waals surface area contributed by atoms with Crippen LogP contribution in [0.15, 0.2) is 48.0 Å². The van der Waals surface area contributed by atoms with Gasteiger partial charge in [-0.3, -0.25) is 4.79 Å². The van der Waals surface area contributed by atoms with Gasteiger partial charge in [-0.1, -0.05) is 53.0 Å². The van der Waals surface area contributed by atoms with E-state index >= 15 is 0 Å². The summed E-state index contributed by atoms with van der Waals surface area (Å²) in [5, 5.41) is 7.69. The van der Waals surface area contributed by atoms with Gasteiger partial charge in [-0.15, -0.1) is 0 Å². The van der Waals surface area contributed by atoms with Crippen LogP contribution in [0, 0.1) is 0 Å². The molecule has 1 heterocycles. The summed E-state index contributed by atoms with van der Waals surface area (Å²) in [6.07, 6.45) is 4.26. The number of carbonyl (C=O) groups is 2. The first-order valence-electron chi connectivity index (χ1n) is 11.6. The fourth-order valence-electron chi connectivity index (χ4n) is 5.57. The van der Waals surface area contributed by atoms with Gasteiger partial charge in [0.15, 0.2) is 0 Å². The number of benzene rings is 2. The molecule has 8 heteroatoms. The molecule has 0 unspecified atom stereocenters. The molecule has 5 nitrogen and oxygen atoms in total. The number of nitrogens with one attached hydrogen (secondary N) is 2. The molecule has 2 atom stereocenters. The Kier molecular flexibility index (Phi) is 6.54. The van der Waals surface area contributed by atoms with E-state index in [1.807, 2.05) is 36.4 Å². The molecule has 0 radical (unpaired) electrons. The number of hydrogen-bond donors (Lipinski definition) is 2. The van der Waals surface area contributed by atoms with Crippen molar-refractivity contribution in [2.75, 3.05) is 6.54 Å². The van der Waals surface area contributed by atoms with E-state index in [1.54, 1.807) is 6.07 Å². The lowest BCUT2D eigenvalue weighted by atomic mass is 9.69. The van der Waals surface area contributed by atoms with E-state index in [2.05, 4.69) is 10.6 Å². The van der Waals surface area contributed by atoms with Crippen LogP contribution in [0.25, 0.3) is 5.57 Å². The first-order valence-corrected chi connectivity index (χ1v) is 12.7. The van der Waals surface area contributed by atoms with Crippen LogP contribution in [0.5, 0.6) is 0 Å². The lowest BCUT2D eigenvalue weighted by molar-refractivity contribution is -0.124. The van der Waals surface area contributed by atoms with Crippen molar-refractivity contribution in [3.05, 3.63) is 74.2 Å². The Morgan fingerprint density at radius 2 is 1.71 bits per heavy atom. The van der Waals surface area contributed by atoms with Crippen LogP contribution >= 0.6 is 34.8 Å². The fourth-order valence-corrected chi connectivity index (χ4v) is 6.23. The number of amides is 2. The molecular formula is C26H25Cl3N2O3. The molecule has 3 aliphatic rings. The largest absolute Gasteiger partial charge is 0.446 e. The molecular weight excluding hydrogens is 495 g/mol. The van der Waals surface area contributed by atoms with Crippen molar-refractivity contribution < 1.29 is 14.3 Å². The van der Waals surface area contributed by atoms with Crippen LogP contribution in [-0.4, -0.2) is 30.2 Å². The number of carbonyl (C=O) groups excluding carboxylic acids is 2. The molecule has 0 spiro atoms. The molecule has 1 saturated heterocycles. The van der Waals surface area contributed by atoms with Crippen molar-refractivity contribution in [2.24, 2.45) is 0 Å². The zero-order valence-corrected chi connectivity index (χ0v) is 20.8. The summed E-state index contributed by atoms with van der Waals surface area (Å²) >= 11 is 18.9. The maximum absolute atomic E-state index is 13.2. The maximum atomic E-state index is 13.2. The number of ether oxygens (including phenoxy) is 1. The van der Waals surface area contributed by atoms with E-state index in [9.17, 15) is 9.59 Å². The summed E-state index contributed by atoms with van der Waals surface area (Å²) in [7, 11) is 0. The summed E-state index contributed by atoms with van der Waals surface area (Å²) in [4.78, 5) is 26.1. The first-order chi connectivity index (χ1) is 16.4. The standard InChI is InChI=1S/C26H25Cl3N2O3/c27-16-7-5-15(6-8-16)23-20(19-10-9-17(28)13-22(19)29)11-12-26(21(23)14-30-24(26)32)31-25(33)34-18-3-1-2-4-18/h5-10,13,18,20H,1-4,11-12,14H2,(H,30,32)(H,31,33)/t20-,26-/m0/s1. The molecule has 2 amide bonds.